The molecule has 0 spiro atoms. The van der Waals surface area contributed by atoms with Gasteiger partial charge in [0.15, 0.2) is 0 Å². The Morgan fingerprint density at radius 1 is 0.974 bits per heavy atom. The Labute approximate surface area is 218 Å². The largest absolute Gasteiger partial charge is 0.490 e. The summed E-state index contributed by atoms with van der Waals surface area (Å²) in [5.74, 6) is -4.68. The molecule has 3 heterocycles. The van der Waals surface area contributed by atoms with Gasteiger partial charge >= 0.3 is 24.3 Å². The SMILES string of the molecule is O=C(CC1CC1)NCCC1CN(Cc2ccccn2)Cc2ccnn21.O=C(O)C(F)(F)F.O=C(O)C(F)(F)F. The van der Waals surface area contributed by atoms with Crippen molar-refractivity contribution in [1.29, 1.82) is 0 Å². The number of carbonyl (C=O) groups excluding carboxylic acids is 1. The van der Waals surface area contributed by atoms with E-state index < -0.39 is 24.3 Å². The van der Waals surface area contributed by atoms with E-state index in [0.29, 0.717) is 24.9 Å². The van der Waals surface area contributed by atoms with Gasteiger partial charge in [-0.25, -0.2) is 9.59 Å². The molecule has 1 fully saturated rings. The van der Waals surface area contributed by atoms with Crippen LogP contribution in [0.1, 0.15) is 43.1 Å². The van der Waals surface area contributed by atoms with Crippen LogP contribution in [-0.4, -0.2) is 73.2 Å². The number of hydrogen-bond donors (Lipinski definition) is 3. The number of carbonyl (C=O) groups is 3. The Balaban J connectivity index is 0.000000317. The number of nitrogens with zero attached hydrogens (tertiary/aromatic N) is 4. The molecule has 1 saturated carbocycles. The standard InChI is InChI=1S/C19H25N5O.2C2HF3O2/c25-19(11-15-4-5-15)21-9-6-17-13-23(12-16-3-1-2-8-20-16)14-18-7-10-22-24(17)18;2*3-2(4,5)1(6)7/h1-3,7-8,10,15,17H,4-6,9,11-14H2,(H,21,25);2*(H,6,7). The highest BCUT2D eigenvalue weighted by Crippen LogP contribution is 2.32. The van der Waals surface area contributed by atoms with Crippen LogP contribution in [0.2, 0.25) is 0 Å². The first kappa shape index (κ1) is 31.5. The Morgan fingerprint density at radius 3 is 2.10 bits per heavy atom. The molecule has 1 atom stereocenters. The fraction of sp³-hybridized carbons (Fsp3) is 0.522. The number of carboxylic acids is 2. The van der Waals surface area contributed by atoms with Crippen molar-refractivity contribution < 1.29 is 50.9 Å². The maximum atomic E-state index is 11.9. The number of aliphatic carboxylic acids is 2. The van der Waals surface area contributed by atoms with E-state index in [1.807, 2.05) is 24.5 Å². The highest BCUT2D eigenvalue weighted by molar-refractivity contribution is 5.76. The zero-order valence-electron chi connectivity index (χ0n) is 20.5. The van der Waals surface area contributed by atoms with Crippen molar-refractivity contribution in [3.05, 3.63) is 48.0 Å². The van der Waals surface area contributed by atoms with Gasteiger partial charge in [0.05, 0.1) is 17.4 Å². The van der Waals surface area contributed by atoms with Crippen molar-refractivity contribution in [2.45, 2.75) is 57.2 Å². The third kappa shape index (κ3) is 11.7. The number of alkyl halides is 6. The zero-order valence-corrected chi connectivity index (χ0v) is 20.5. The first-order chi connectivity index (χ1) is 18.2. The molecule has 0 radical (unpaired) electrons. The molecule has 3 N–H and O–H groups in total. The number of amides is 1. The van der Waals surface area contributed by atoms with Gasteiger partial charge in [0, 0.05) is 45.0 Å². The summed E-state index contributed by atoms with van der Waals surface area (Å²) >= 11 is 0. The van der Waals surface area contributed by atoms with Gasteiger partial charge in [0.1, 0.15) is 0 Å². The number of halogens is 6. The molecule has 10 nitrogen and oxygen atoms in total. The minimum atomic E-state index is -5.08. The summed E-state index contributed by atoms with van der Waals surface area (Å²) in [4.78, 5) is 36.5. The fourth-order valence-electron chi connectivity index (χ4n) is 3.55. The van der Waals surface area contributed by atoms with Crippen molar-refractivity contribution in [1.82, 2.24) is 25.0 Å². The minimum Gasteiger partial charge on any atom is -0.475 e. The van der Waals surface area contributed by atoms with Gasteiger partial charge in [-0.2, -0.15) is 31.4 Å². The summed E-state index contributed by atoms with van der Waals surface area (Å²) in [6.07, 6.45) is -2.41. The van der Waals surface area contributed by atoms with Gasteiger partial charge in [-0.05, 0) is 43.4 Å². The number of pyridine rings is 1. The predicted octanol–water partition coefficient (Wildman–Crippen LogP) is 3.41. The highest BCUT2D eigenvalue weighted by atomic mass is 19.4. The highest BCUT2D eigenvalue weighted by Gasteiger charge is 2.39. The monoisotopic (exact) mass is 567 g/mol. The maximum Gasteiger partial charge on any atom is 0.490 e. The average molecular weight is 567 g/mol. The van der Waals surface area contributed by atoms with Crippen LogP contribution >= 0.6 is 0 Å². The van der Waals surface area contributed by atoms with Crippen LogP contribution in [-0.2, 0) is 27.5 Å². The number of carboxylic acid groups (broad SMARTS) is 2. The molecule has 4 rings (SSSR count). The molecule has 0 aromatic carbocycles. The summed E-state index contributed by atoms with van der Waals surface area (Å²) in [6.45, 7) is 3.38. The number of rotatable bonds is 7. The van der Waals surface area contributed by atoms with Gasteiger partial charge in [-0.15, -0.1) is 0 Å². The van der Waals surface area contributed by atoms with E-state index in [0.717, 1.165) is 31.7 Å². The molecule has 16 heteroatoms. The molecule has 1 aliphatic carbocycles. The molecule has 0 bridgehead atoms. The molecule has 2 aromatic rings. The van der Waals surface area contributed by atoms with Crippen molar-refractivity contribution in [3.8, 4) is 0 Å². The molecular formula is C23H27F6N5O5. The molecule has 1 aliphatic heterocycles. The summed E-state index contributed by atoms with van der Waals surface area (Å²) in [5, 5.41) is 21.8. The summed E-state index contributed by atoms with van der Waals surface area (Å²) in [6, 6.07) is 8.43. The fourth-order valence-corrected chi connectivity index (χ4v) is 3.55. The molecule has 0 saturated heterocycles. The van der Waals surface area contributed by atoms with Crippen LogP contribution in [0.4, 0.5) is 26.3 Å². The normalized spacial score (nSPS) is 17.0. The third-order valence-corrected chi connectivity index (χ3v) is 5.52. The van der Waals surface area contributed by atoms with E-state index in [2.05, 4.69) is 37.1 Å². The number of hydrogen-bond acceptors (Lipinski definition) is 6. The molecule has 2 aromatic heterocycles. The lowest BCUT2D eigenvalue weighted by atomic mass is 10.1. The van der Waals surface area contributed by atoms with E-state index >= 15 is 0 Å². The molecule has 1 unspecified atom stereocenters. The first-order valence-electron chi connectivity index (χ1n) is 11.7. The minimum absolute atomic E-state index is 0.198. The lowest BCUT2D eigenvalue weighted by molar-refractivity contribution is -0.193. The van der Waals surface area contributed by atoms with E-state index in [4.69, 9.17) is 19.8 Å². The van der Waals surface area contributed by atoms with Crippen molar-refractivity contribution in [2.24, 2.45) is 5.92 Å². The Morgan fingerprint density at radius 2 is 1.59 bits per heavy atom. The summed E-state index contributed by atoms with van der Waals surface area (Å²) in [5.41, 5.74) is 2.32. The van der Waals surface area contributed by atoms with Crippen LogP contribution in [0.15, 0.2) is 36.7 Å². The molecular weight excluding hydrogens is 540 g/mol. The molecule has 2 aliphatic rings. The molecule has 39 heavy (non-hydrogen) atoms. The zero-order chi connectivity index (χ0) is 29.2. The first-order valence-corrected chi connectivity index (χ1v) is 11.7. The number of fused-ring (bicyclic) bond motifs is 1. The van der Waals surface area contributed by atoms with Crippen LogP contribution in [0.25, 0.3) is 0 Å². The lowest BCUT2D eigenvalue weighted by Crippen LogP contribution is -2.39. The third-order valence-electron chi connectivity index (χ3n) is 5.52. The summed E-state index contributed by atoms with van der Waals surface area (Å²) < 4.78 is 65.6. The second kappa shape index (κ2) is 13.9. The van der Waals surface area contributed by atoms with Crippen LogP contribution < -0.4 is 5.32 Å². The molecule has 1 amide bonds. The van der Waals surface area contributed by atoms with E-state index in [9.17, 15) is 31.1 Å². The van der Waals surface area contributed by atoms with Crippen molar-refractivity contribution >= 4 is 17.8 Å². The Bertz CT molecular complexity index is 1070. The average Bonchev–Trinajstić information content (AvgIpc) is 3.51. The maximum absolute atomic E-state index is 11.9. The van der Waals surface area contributed by atoms with Gasteiger partial charge in [-0.3, -0.25) is 19.4 Å². The Kier molecular flexibility index (Phi) is 11.2. The van der Waals surface area contributed by atoms with Crippen LogP contribution in [0, 0.1) is 5.92 Å². The number of nitrogens with one attached hydrogen (secondary N) is 1. The smallest absolute Gasteiger partial charge is 0.475 e. The Hall–Kier alpha value is -3.69. The van der Waals surface area contributed by atoms with Gasteiger partial charge < -0.3 is 15.5 Å². The van der Waals surface area contributed by atoms with E-state index in [1.165, 1.54) is 18.5 Å². The quantitative estimate of drug-likeness (QED) is 0.433. The number of aromatic nitrogens is 3. The lowest BCUT2D eigenvalue weighted by Gasteiger charge is -2.33. The molecule has 216 valence electrons. The second-order valence-corrected chi connectivity index (χ2v) is 8.80. The van der Waals surface area contributed by atoms with Gasteiger partial charge in [0.25, 0.3) is 0 Å². The van der Waals surface area contributed by atoms with E-state index in [-0.39, 0.29) is 5.91 Å². The summed E-state index contributed by atoms with van der Waals surface area (Å²) in [7, 11) is 0. The van der Waals surface area contributed by atoms with Crippen molar-refractivity contribution in [3.63, 3.8) is 0 Å². The van der Waals surface area contributed by atoms with Crippen LogP contribution in [0.3, 0.4) is 0 Å². The second-order valence-electron chi connectivity index (χ2n) is 8.80. The predicted molar refractivity (Wildman–Crippen MR) is 122 cm³/mol. The van der Waals surface area contributed by atoms with Gasteiger partial charge in [0.2, 0.25) is 5.91 Å². The topological polar surface area (TPSA) is 138 Å². The van der Waals surface area contributed by atoms with Gasteiger partial charge in [-0.1, -0.05) is 6.07 Å². The van der Waals surface area contributed by atoms with E-state index in [1.54, 1.807) is 0 Å². The van der Waals surface area contributed by atoms with Crippen molar-refractivity contribution in [2.75, 3.05) is 13.1 Å². The van der Waals surface area contributed by atoms with Crippen LogP contribution in [0.5, 0.6) is 0 Å².